The van der Waals surface area contributed by atoms with Crippen LogP contribution in [0.15, 0.2) is 0 Å². The molecule has 5 heteroatoms. The van der Waals surface area contributed by atoms with Crippen LogP contribution in [-0.4, -0.2) is 33.9 Å². The maximum atomic E-state index is 10.7. The molecule has 1 aliphatic rings. The fourth-order valence-electron chi connectivity index (χ4n) is 0.989. The van der Waals surface area contributed by atoms with Gasteiger partial charge in [0.1, 0.15) is 6.10 Å². The molecule has 2 atom stereocenters. The lowest BCUT2D eigenvalue weighted by molar-refractivity contribution is -0.145. The molecule has 0 aromatic carbocycles. The fourth-order valence-corrected chi connectivity index (χ4v) is 2.94. The summed E-state index contributed by atoms with van der Waals surface area (Å²) in [6.07, 6.45) is 0.0225. The second kappa shape index (κ2) is 4.91. The van der Waals surface area contributed by atoms with Crippen molar-refractivity contribution in [3.63, 3.8) is 0 Å². The minimum atomic E-state index is -0.233. The third kappa shape index (κ3) is 3.60. The number of hydrogen-bond acceptors (Lipinski definition) is 5. The van der Waals surface area contributed by atoms with E-state index in [4.69, 9.17) is 4.74 Å². The molecule has 1 fully saturated rings. The second-order valence-electron chi connectivity index (χ2n) is 2.82. The summed E-state index contributed by atoms with van der Waals surface area (Å²) in [6, 6.07) is 0. The van der Waals surface area contributed by atoms with Crippen LogP contribution in [0.1, 0.15) is 13.8 Å². The Morgan fingerprint density at radius 3 is 2.62 bits per heavy atom. The lowest BCUT2D eigenvalue weighted by atomic mass is 10.3. The standard InChI is InChI=1S/C8H12O3S2/c1-5(9)11-7-3-13-8(7)4-12-6(2)10/h7-8H,3-4H2,1-2H3/t7-,8-/m0/s1. The van der Waals surface area contributed by atoms with Crippen LogP contribution in [0.4, 0.5) is 0 Å². The topological polar surface area (TPSA) is 43.4 Å². The smallest absolute Gasteiger partial charge is 0.302 e. The van der Waals surface area contributed by atoms with E-state index in [0.717, 1.165) is 11.5 Å². The molecule has 1 rings (SSSR count). The summed E-state index contributed by atoms with van der Waals surface area (Å²) in [6.45, 7) is 2.97. The average Bonchev–Trinajstić information content (AvgIpc) is 1.98. The fraction of sp³-hybridized carbons (Fsp3) is 0.750. The van der Waals surface area contributed by atoms with Crippen LogP contribution >= 0.6 is 23.5 Å². The summed E-state index contributed by atoms with van der Waals surface area (Å²) in [5.74, 6) is 1.38. The van der Waals surface area contributed by atoms with Crippen LogP contribution in [0.3, 0.4) is 0 Å². The highest BCUT2D eigenvalue weighted by Crippen LogP contribution is 2.33. The molecule has 0 aromatic rings. The van der Waals surface area contributed by atoms with Crippen molar-refractivity contribution < 1.29 is 14.3 Å². The Morgan fingerprint density at radius 1 is 1.54 bits per heavy atom. The van der Waals surface area contributed by atoms with Crippen molar-refractivity contribution in [3.05, 3.63) is 0 Å². The number of thioether (sulfide) groups is 2. The molecule has 3 nitrogen and oxygen atoms in total. The van der Waals surface area contributed by atoms with E-state index in [1.165, 1.54) is 18.7 Å². The molecular weight excluding hydrogens is 208 g/mol. The van der Waals surface area contributed by atoms with Gasteiger partial charge in [-0.25, -0.2) is 0 Å². The maximum absolute atomic E-state index is 10.7. The third-order valence-corrected chi connectivity index (χ3v) is 4.22. The molecule has 0 saturated carbocycles. The summed E-state index contributed by atoms with van der Waals surface area (Å²) in [4.78, 5) is 21.3. The van der Waals surface area contributed by atoms with Crippen LogP contribution in [0.5, 0.6) is 0 Å². The normalized spacial score (nSPS) is 26.3. The van der Waals surface area contributed by atoms with Crippen molar-refractivity contribution in [2.24, 2.45) is 0 Å². The third-order valence-electron chi connectivity index (χ3n) is 1.66. The van der Waals surface area contributed by atoms with Gasteiger partial charge >= 0.3 is 5.97 Å². The molecule has 74 valence electrons. The summed E-state index contributed by atoms with van der Waals surface area (Å²) < 4.78 is 5.05. The van der Waals surface area contributed by atoms with Crippen LogP contribution in [0.2, 0.25) is 0 Å². The van der Waals surface area contributed by atoms with Gasteiger partial charge in [0.25, 0.3) is 0 Å². The van der Waals surface area contributed by atoms with E-state index in [0.29, 0.717) is 5.25 Å². The largest absolute Gasteiger partial charge is 0.460 e. The van der Waals surface area contributed by atoms with Crippen LogP contribution in [0.25, 0.3) is 0 Å². The second-order valence-corrected chi connectivity index (χ2v) is 5.29. The summed E-state index contributed by atoms with van der Waals surface area (Å²) >= 11 is 3.04. The number of carbonyl (C=O) groups excluding carboxylic acids is 2. The van der Waals surface area contributed by atoms with Crippen molar-refractivity contribution in [1.29, 1.82) is 0 Å². The van der Waals surface area contributed by atoms with Gasteiger partial charge in [0.15, 0.2) is 5.12 Å². The summed E-state index contributed by atoms with van der Waals surface area (Å²) in [5, 5.41) is 0.423. The average molecular weight is 220 g/mol. The summed E-state index contributed by atoms with van der Waals surface area (Å²) in [7, 11) is 0. The van der Waals surface area contributed by atoms with Gasteiger partial charge in [0, 0.05) is 25.4 Å². The van der Waals surface area contributed by atoms with E-state index in [9.17, 15) is 9.59 Å². The first kappa shape index (κ1) is 10.9. The quantitative estimate of drug-likeness (QED) is 0.671. The van der Waals surface area contributed by atoms with E-state index in [1.54, 1.807) is 18.7 Å². The predicted molar refractivity (Wildman–Crippen MR) is 54.9 cm³/mol. The van der Waals surface area contributed by atoms with Gasteiger partial charge in [0.2, 0.25) is 0 Å². The molecule has 0 aliphatic carbocycles. The van der Waals surface area contributed by atoms with E-state index in [-0.39, 0.29) is 17.2 Å². The number of rotatable bonds is 3. The molecule has 1 heterocycles. The molecule has 0 unspecified atom stereocenters. The zero-order chi connectivity index (χ0) is 9.84. The van der Waals surface area contributed by atoms with Gasteiger partial charge in [0.05, 0.1) is 5.25 Å². The summed E-state index contributed by atoms with van der Waals surface area (Å²) in [5.41, 5.74) is 0. The molecule has 13 heavy (non-hydrogen) atoms. The predicted octanol–water partition coefficient (Wildman–Crippen LogP) is 1.31. The van der Waals surface area contributed by atoms with Crippen LogP contribution < -0.4 is 0 Å². The van der Waals surface area contributed by atoms with Gasteiger partial charge in [-0.15, -0.1) is 11.8 Å². The lowest BCUT2D eigenvalue weighted by Crippen LogP contribution is -2.41. The first-order valence-electron chi connectivity index (χ1n) is 4.02. The molecule has 0 aromatic heterocycles. The first-order valence-corrected chi connectivity index (χ1v) is 6.05. The van der Waals surface area contributed by atoms with Crippen molar-refractivity contribution in [2.45, 2.75) is 25.2 Å². The Morgan fingerprint density at radius 2 is 2.23 bits per heavy atom. The number of hydrogen-bond donors (Lipinski definition) is 0. The molecule has 1 saturated heterocycles. The first-order chi connectivity index (χ1) is 6.09. The maximum Gasteiger partial charge on any atom is 0.302 e. The van der Waals surface area contributed by atoms with Gasteiger partial charge in [-0.05, 0) is 0 Å². The Hall–Kier alpha value is -0.160. The number of esters is 1. The Kier molecular flexibility index (Phi) is 4.12. The number of carbonyl (C=O) groups is 2. The Balaban J connectivity index is 2.20. The van der Waals surface area contributed by atoms with E-state index < -0.39 is 0 Å². The van der Waals surface area contributed by atoms with Gasteiger partial charge in [-0.2, -0.15) is 0 Å². The highest BCUT2D eigenvalue weighted by atomic mass is 32.2. The van der Waals surface area contributed by atoms with Crippen molar-refractivity contribution in [3.8, 4) is 0 Å². The van der Waals surface area contributed by atoms with Crippen molar-refractivity contribution in [1.82, 2.24) is 0 Å². The Labute approximate surface area is 86.0 Å². The molecule has 0 amide bonds. The zero-order valence-corrected chi connectivity index (χ0v) is 9.24. The minimum absolute atomic E-state index is 0.0225. The SMILES string of the molecule is CC(=O)O[C@H]1CS[C@H]1CSC(C)=O. The van der Waals surface area contributed by atoms with Crippen molar-refractivity contribution in [2.75, 3.05) is 11.5 Å². The van der Waals surface area contributed by atoms with Gasteiger partial charge < -0.3 is 4.74 Å². The molecule has 0 bridgehead atoms. The van der Waals surface area contributed by atoms with Gasteiger partial charge in [-0.1, -0.05) is 11.8 Å². The highest BCUT2D eigenvalue weighted by Gasteiger charge is 2.34. The Bertz CT molecular complexity index is 217. The lowest BCUT2D eigenvalue weighted by Gasteiger charge is -2.34. The van der Waals surface area contributed by atoms with Gasteiger partial charge in [-0.3, -0.25) is 9.59 Å². The van der Waals surface area contributed by atoms with Crippen molar-refractivity contribution >= 4 is 34.6 Å². The van der Waals surface area contributed by atoms with E-state index in [2.05, 4.69) is 0 Å². The van der Waals surface area contributed by atoms with Crippen LogP contribution in [0, 0.1) is 0 Å². The minimum Gasteiger partial charge on any atom is -0.460 e. The highest BCUT2D eigenvalue weighted by molar-refractivity contribution is 8.14. The molecule has 0 N–H and O–H groups in total. The molecular formula is C8H12O3S2. The van der Waals surface area contributed by atoms with E-state index in [1.807, 2.05) is 0 Å². The molecule has 0 radical (unpaired) electrons. The monoisotopic (exact) mass is 220 g/mol. The van der Waals surface area contributed by atoms with E-state index >= 15 is 0 Å². The zero-order valence-electron chi connectivity index (χ0n) is 7.61. The molecule has 1 aliphatic heterocycles. The molecule has 0 spiro atoms. The number of ether oxygens (including phenoxy) is 1. The van der Waals surface area contributed by atoms with Crippen LogP contribution in [-0.2, 0) is 14.3 Å².